The van der Waals surface area contributed by atoms with Gasteiger partial charge in [0.2, 0.25) is 17.8 Å². The van der Waals surface area contributed by atoms with Crippen molar-refractivity contribution < 1.29 is 9.66 Å². The number of halogens is 2. The number of methoxy groups -OCH3 is 1. The van der Waals surface area contributed by atoms with Crippen molar-refractivity contribution in [2.24, 2.45) is 5.10 Å². The summed E-state index contributed by atoms with van der Waals surface area (Å²) in [6, 6.07) is 9.78. The average Bonchev–Trinajstić information content (AvgIpc) is 2.84. The van der Waals surface area contributed by atoms with E-state index in [2.05, 4.69) is 79.5 Å². The van der Waals surface area contributed by atoms with Crippen LogP contribution < -0.4 is 20.4 Å². The first-order chi connectivity index (χ1) is 17.3. The molecule has 0 saturated carbocycles. The molecule has 2 N–H and O–H groups in total. The first-order valence-corrected chi connectivity index (χ1v) is 12.4. The number of hydrazone groups is 1. The van der Waals surface area contributed by atoms with Gasteiger partial charge in [-0.2, -0.15) is 20.1 Å². The Morgan fingerprint density at radius 2 is 1.78 bits per heavy atom. The topological polar surface area (TPSA) is 134 Å². The number of non-ortho nitro benzene ring substituents is 1. The van der Waals surface area contributed by atoms with Gasteiger partial charge in [-0.1, -0.05) is 15.9 Å². The predicted molar refractivity (Wildman–Crippen MR) is 146 cm³/mol. The lowest BCUT2D eigenvalue weighted by Gasteiger charge is -2.32. The van der Waals surface area contributed by atoms with E-state index in [-0.39, 0.29) is 17.6 Å². The van der Waals surface area contributed by atoms with E-state index in [4.69, 9.17) is 4.74 Å². The van der Waals surface area contributed by atoms with Crippen LogP contribution in [0.15, 0.2) is 50.4 Å². The minimum atomic E-state index is -0.447. The third-order valence-corrected chi connectivity index (χ3v) is 6.40. The van der Waals surface area contributed by atoms with Crippen LogP contribution in [-0.2, 0) is 0 Å². The highest BCUT2D eigenvalue weighted by Gasteiger charge is 2.19. The summed E-state index contributed by atoms with van der Waals surface area (Å²) in [4.78, 5) is 28.4. The molecule has 3 aromatic rings. The molecule has 36 heavy (non-hydrogen) atoms. The van der Waals surface area contributed by atoms with E-state index in [9.17, 15) is 10.1 Å². The van der Waals surface area contributed by atoms with E-state index in [0.29, 0.717) is 17.4 Å². The number of benzene rings is 2. The van der Waals surface area contributed by atoms with E-state index in [1.165, 1.54) is 12.1 Å². The van der Waals surface area contributed by atoms with Crippen LogP contribution in [0.5, 0.6) is 5.75 Å². The number of aromatic nitrogens is 3. The number of rotatable bonds is 8. The van der Waals surface area contributed by atoms with Gasteiger partial charge in [0.05, 0.1) is 22.7 Å². The molecule has 0 unspecified atom stereocenters. The normalized spacial score (nSPS) is 14.2. The highest BCUT2D eigenvalue weighted by Crippen LogP contribution is 2.31. The van der Waals surface area contributed by atoms with Gasteiger partial charge in [0.25, 0.3) is 5.69 Å². The summed E-state index contributed by atoms with van der Waals surface area (Å²) in [7, 11) is 3.66. The third-order valence-electron chi connectivity index (χ3n) is 5.35. The van der Waals surface area contributed by atoms with Crippen molar-refractivity contribution in [2.45, 2.75) is 0 Å². The van der Waals surface area contributed by atoms with Gasteiger partial charge in [-0.3, -0.25) is 10.1 Å². The molecule has 2 aromatic carbocycles. The minimum Gasteiger partial charge on any atom is -0.495 e. The molecule has 2 heterocycles. The Morgan fingerprint density at radius 3 is 2.44 bits per heavy atom. The molecular formula is C22H23Br2N9O3. The fraction of sp³-hybridized carbons (Fsp3) is 0.273. The summed E-state index contributed by atoms with van der Waals surface area (Å²) in [6.07, 6.45) is 1.61. The molecule has 0 bridgehead atoms. The molecule has 12 nitrogen and oxygen atoms in total. The van der Waals surface area contributed by atoms with E-state index in [0.717, 1.165) is 40.7 Å². The number of nitrogens with zero attached hydrogens (tertiary/aromatic N) is 7. The molecule has 188 valence electrons. The zero-order chi connectivity index (χ0) is 25.7. The van der Waals surface area contributed by atoms with E-state index < -0.39 is 4.92 Å². The number of hydrogen-bond acceptors (Lipinski definition) is 11. The van der Waals surface area contributed by atoms with Crippen molar-refractivity contribution in [3.05, 3.63) is 61.0 Å². The number of ether oxygens (including phenoxy) is 1. The van der Waals surface area contributed by atoms with Gasteiger partial charge in [-0.25, -0.2) is 5.43 Å². The Morgan fingerprint density at radius 1 is 1.08 bits per heavy atom. The molecule has 1 aliphatic rings. The number of anilines is 4. The van der Waals surface area contributed by atoms with Gasteiger partial charge in [0, 0.05) is 54.0 Å². The highest BCUT2D eigenvalue weighted by atomic mass is 79.9. The quantitative estimate of drug-likeness (QED) is 0.214. The average molecular weight is 621 g/mol. The number of likely N-dealkylation sites (N-methyl/N-ethyl adjacent to an activating group) is 1. The zero-order valence-corrected chi connectivity index (χ0v) is 22.7. The van der Waals surface area contributed by atoms with Crippen LogP contribution in [0.2, 0.25) is 0 Å². The van der Waals surface area contributed by atoms with Gasteiger partial charge in [0.15, 0.2) is 0 Å². The number of nitro benzene ring substituents is 1. The molecular weight excluding hydrogens is 598 g/mol. The third kappa shape index (κ3) is 6.44. The lowest BCUT2D eigenvalue weighted by molar-refractivity contribution is -0.384. The summed E-state index contributed by atoms with van der Waals surface area (Å²) < 4.78 is 7.11. The molecule has 0 spiro atoms. The van der Waals surface area contributed by atoms with Crippen LogP contribution in [0, 0.1) is 10.1 Å². The van der Waals surface area contributed by atoms with Crippen LogP contribution in [0.1, 0.15) is 5.56 Å². The second kappa shape index (κ2) is 11.6. The van der Waals surface area contributed by atoms with Crippen LogP contribution in [-0.4, -0.2) is 71.3 Å². The highest BCUT2D eigenvalue weighted by molar-refractivity contribution is 9.11. The van der Waals surface area contributed by atoms with Crippen molar-refractivity contribution in [1.29, 1.82) is 0 Å². The van der Waals surface area contributed by atoms with Gasteiger partial charge in [0.1, 0.15) is 5.75 Å². The van der Waals surface area contributed by atoms with Crippen molar-refractivity contribution in [1.82, 2.24) is 19.9 Å². The fourth-order valence-electron chi connectivity index (χ4n) is 3.47. The van der Waals surface area contributed by atoms with Gasteiger partial charge < -0.3 is 19.9 Å². The lowest BCUT2D eigenvalue weighted by Crippen LogP contribution is -2.45. The monoisotopic (exact) mass is 619 g/mol. The molecule has 1 fully saturated rings. The fourth-order valence-corrected chi connectivity index (χ4v) is 4.89. The van der Waals surface area contributed by atoms with Gasteiger partial charge in [-0.05, 0) is 47.2 Å². The standard InChI is InChI=1S/C22H23Br2N9O3/c1-31-7-9-32(10-8-31)22-28-20(26-16-3-5-17(6-4-16)33(34)35)27-21(29-22)30-25-13-14-11-15(23)12-18(24)19(14)36-2/h3-6,11-13H,7-10H2,1-2H3,(H2,26,27,28,29,30). The van der Waals surface area contributed by atoms with Crippen molar-refractivity contribution >= 4 is 67.3 Å². The van der Waals surface area contributed by atoms with Crippen molar-refractivity contribution in [3.63, 3.8) is 0 Å². The van der Waals surface area contributed by atoms with Crippen LogP contribution in [0.4, 0.5) is 29.2 Å². The summed E-state index contributed by atoms with van der Waals surface area (Å²) in [6.45, 7) is 3.30. The molecule has 0 amide bonds. The van der Waals surface area contributed by atoms with Crippen LogP contribution in [0.3, 0.4) is 0 Å². The van der Waals surface area contributed by atoms with Crippen molar-refractivity contribution in [2.75, 3.05) is 56.0 Å². The minimum absolute atomic E-state index is 0.000582. The van der Waals surface area contributed by atoms with Crippen LogP contribution in [0.25, 0.3) is 0 Å². The van der Waals surface area contributed by atoms with E-state index in [1.807, 2.05) is 12.1 Å². The van der Waals surface area contributed by atoms with Crippen LogP contribution >= 0.6 is 31.9 Å². The first kappa shape index (κ1) is 25.7. The van der Waals surface area contributed by atoms with Crippen molar-refractivity contribution in [3.8, 4) is 5.75 Å². The van der Waals surface area contributed by atoms with E-state index in [1.54, 1.807) is 25.5 Å². The first-order valence-electron chi connectivity index (χ1n) is 10.9. The summed E-state index contributed by atoms with van der Waals surface area (Å²) >= 11 is 6.95. The molecule has 4 rings (SSSR count). The Bertz CT molecular complexity index is 1270. The van der Waals surface area contributed by atoms with E-state index >= 15 is 0 Å². The Balaban J connectivity index is 1.60. The Kier molecular flexibility index (Phi) is 8.28. The molecule has 14 heteroatoms. The largest absolute Gasteiger partial charge is 0.495 e. The second-order valence-electron chi connectivity index (χ2n) is 7.88. The molecule has 0 atom stereocenters. The SMILES string of the molecule is COc1c(Br)cc(Br)cc1C=NNc1nc(Nc2ccc([N+](=O)[O-])cc2)nc(N2CCN(C)CC2)n1. The maximum Gasteiger partial charge on any atom is 0.269 e. The Hall–Kier alpha value is -3.36. The lowest BCUT2D eigenvalue weighted by atomic mass is 10.2. The summed E-state index contributed by atoms with van der Waals surface area (Å²) in [5.74, 6) is 1.67. The zero-order valence-electron chi connectivity index (χ0n) is 19.5. The molecule has 1 saturated heterocycles. The molecule has 1 aliphatic heterocycles. The second-order valence-corrected chi connectivity index (χ2v) is 9.65. The summed E-state index contributed by atoms with van der Waals surface area (Å²) in [5, 5.41) is 18.3. The Labute approximate surface area is 224 Å². The predicted octanol–water partition coefficient (Wildman–Crippen LogP) is 4.25. The smallest absolute Gasteiger partial charge is 0.269 e. The number of hydrogen-bond donors (Lipinski definition) is 2. The molecule has 0 aliphatic carbocycles. The summed E-state index contributed by atoms with van der Waals surface area (Å²) in [5.41, 5.74) is 4.22. The number of piperazine rings is 1. The number of nitro groups is 1. The molecule has 0 radical (unpaired) electrons. The number of nitrogens with one attached hydrogen (secondary N) is 2. The van der Waals surface area contributed by atoms with Gasteiger partial charge >= 0.3 is 0 Å². The molecule has 1 aromatic heterocycles. The maximum atomic E-state index is 10.9. The maximum absolute atomic E-state index is 10.9. The van der Waals surface area contributed by atoms with Gasteiger partial charge in [-0.15, -0.1) is 0 Å².